The molecule has 4 rings (SSSR count). The van der Waals surface area contributed by atoms with Crippen LogP contribution in [0.4, 0.5) is 0 Å². The summed E-state index contributed by atoms with van der Waals surface area (Å²) in [5.41, 5.74) is 3.70. The predicted octanol–water partition coefficient (Wildman–Crippen LogP) is 3.00. The molecule has 0 unspecified atom stereocenters. The fourth-order valence-electron chi connectivity index (χ4n) is 3.33. The lowest BCUT2D eigenvalue weighted by molar-refractivity contribution is -0.139. The number of carbonyl (C=O) groups excluding carboxylic acids is 2. The molecule has 1 aliphatic carbocycles. The van der Waals surface area contributed by atoms with E-state index in [2.05, 4.69) is 39.3 Å². The number of Topliss-reactive ketones (excluding diaryl/α,β-unsaturated/α-hetero) is 1. The number of hydrogen-bond acceptors (Lipinski definition) is 7. The molecule has 144 valence electrons. The van der Waals surface area contributed by atoms with Gasteiger partial charge in [-0.15, -0.1) is 5.10 Å². The van der Waals surface area contributed by atoms with Crippen LogP contribution in [-0.4, -0.2) is 43.7 Å². The Morgan fingerprint density at radius 2 is 2.04 bits per heavy atom. The van der Waals surface area contributed by atoms with E-state index in [1.54, 1.807) is 13.1 Å². The van der Waals surface area contributed by atoms with Crippen LogP contribution in [-0.2, 0) is 16.0 Å². The number of nitrogens with zero attached hydrogens (tertiary/aromatic N) is 4. The number of hydrogen-bond donors (Lipinski definition) is 0. The summed E-state index contributed by atoms with van der Waals surface area (Å²) in [6, 6.07) is 8.30. The monoisotopic (exact) mass is 396 g/mol. The summed E-state index contributed by atoms with van der Waals surface area (Å²) in [6.45, 7) is 4.16. The predicted molar refractivity (Wildman–Crippen MR) is 105 cm³/mol. The highest BCUT2D eigenvalue weighted by molar-refractivity contribution is 7.99. The first-order valence-corrected chi connectivity index (χ1v) is 10.2. The van der Waals surface area contributed by atoms with Crippen molar-refractivity contribution >= 4 is 29.3 Å². The van der Waals surface area contributed by atoms with Gasteiger partial charge in [-0.1, -0.05) is 41.6 Å². The first-order chi connectivity index (χ1) is 13.5. The number of carbonyl (C=O) groups is 2. The van der Waals surface area contributed by atoms with Crippen molar-refractivity contribution in [2.75, 3.05) is 12.4 Å². The second-order valence-electron chi connectivity index (χ2n) is 6.77. The third-order valence-corrected chi connectivity index (χ3v) is 5.55. The third-order valence-electron chi connectivity index (χ3n) is 4.74. The Morgan fingerprint density at radius 1 is 1.25 bits per heavy atom. The van der Waals surface area contributed by atoms with E-state index >= 15 is 0 Å². The molecule has 7 nitrogen and oxygen atoms in total. The number of ketones is 1. The highest BCUT2D eigenvalue weighted by Crippen LogP contribution is 2.32. The number of aryl methyl sites for hydroxylation is 1. The second kappa shape index (κ2) is 7.71. The molecular formula is C20H20N4O3S. The summed E-state index contributed by atoms with van der Waals surface area (Å²) in [6.07, 6.45) is 2.86. The Morgan fingerprint density at radius 3 is 2.79 bits per heavy atom. The lowest BCUT2D eigenvalue weighted by atomic mass is 9.82. The summed E-state index contributed by atoms with van der Waals surface area (Å²) in [7, 11) is 0. The van der Waals surface area contributed by atoms with Crippen LogP contribution < -0.4 is 0 Å². The molecule has 3 aromatic rings. The number of fused-ring (bicyclic) bond motifs is 2. The number of thioether (sulfide) groups is 1. The highest BCUT2D eigenvalue weighted by Gasteiger charge is 2.28. The summed E-state index contributed by atoms with van der Waals surface area (Å²) in [5.74, 6) is 0.449. The zero-order valence-corrected chi connectivity index (χ0v) is 16.5. The Bertz CT molecular complexity index is 1050. The molecule has 2 heterocycles. The number of benzene rings is 1. The molecule has 1 aromatic carbocycles. The fraction of sp³-hybridized carbons (Fsp3) is 0.350. The van der Waals surface area contributed by atoms with Crippen LogP contribution in [0.3, 0.4) is 0 Å². The maximum absolute atomic E-state index is 12.7. The van der Waals surface area contributed by atoms with Crippen LogP contribution in [0.25, 0.3) is 5.78 Å². The summed E-state index contributed by atoms with van der Waals surface area (Å²) in [5, 5.41) is 4.76. The van der Waals surface area contributed by atoms with Gasteiger partial charge < -0.3 is 4.74 Å². The van der Waals surface area contributed by atoms with Crippen molar-refractivity contribution in [3.63, 3.8) is 0 Å². The first kappa shape index (κ1) is 18.6. The molecule has 2 aromatic heterocycles. The van der Waals surface area contributed by atoms with Crippen molar-refractivity contribution in [1.29, 1.82) is 0 Å². The van der Waals surface area contributed by atoms with Gasteiger partial charge in [0.1, 0.15) is 0 Å². The van der Waals surface area contributed by atoms with Crippen molar-refractivity contribution in [3.8, 4) is 0 Å². The molecule has 0 bridgehead atoms. The summed E-state index contributed by atoms with van der Waals surface area (Å²) >= 11 is 1.19. The van der Waals surface area contributed by atoms with Crippen molar-refractivity contribution in [2.45, 2.75) is 37.8 Å². The smallest absolute Gasteiger partial charge is 0.316 e. The standard InChI is InChI=1S/C20H20N4O3S/c1-3-27-18(26)11-28-20-22-19-21-16-8-14(13-6-4-12(2)5-7-13)9-17(25)15(16)10-24(19)23-20/h4-7,10,14H,3,8-9,11H2,1-2H3/t14-/m1/s1. The minimum atomic E-state index is -0.310. The fourth-order valence-corrected chi connectivity index (χ4v) is 3.95. The van der Waals surface area contributed by atoms with Gasteiger partial charge >= 0.3 is 5.97 Å². The largest absolute Gasteiger partial charge is 0.465 e. The Balaban J connectivity index is 1.58. The van der Waals surface area contributed by atoms with E-state index in [0.717, 1.165) is 11.3 Å². The minimum absolute atomic E-state index is 0.0671. The van der Waals surface area contributed by atoms with Crippen molar-refractivity contribution in [2.24, 2.45) is 0 Å². The second-order valence-corrected chi connectivity index (χ2v) is 7.72. The van der Waals surface area contributed by atoms with E-state index in [0.29, 0.717) is 35.9 Å². The minimum Gasteiger partial charge on any atom is -0.465 e. The number of ether oxygens (including phenoxy) is 1. The van der Waals surface area contributed by atoms with Crippen LogP contribution in [0.1, 0.15) is 46.4 Å². The van der Waals surface area contributed by atoms with Crippen molar-refractivity contribution in [3.05, 3.63) is 52.8 Å². The van der Waals surface area contributed by atoms with Crippen LogP contribution >= 0.6 is 11.8 Å². The lowest BCUT2D eigenvalue weighted by Gasteiger charge is -2.23. The highest BCUT2D eigenvalue weighted by atomic mass is 32.2. The molecule has 0 saturated carbocycles. The molecule has 0 aliphatic heterocycles. The van der Waals surface area contributed by atoms with Crippen LogP contribution in [0.2, 0.25) is 0 Å². The molecule has 0 fully saturated rings. The van der Waals surface area contributed by atoms with E-state index in [-0.39, 0.29) is 23.4 Å². The van der Waals surface area contributed by atoms with E-state index in [9.17, 15) is 9.59 Å². The van der Waals surface area contributed by atoms with Crippen LogP contribution in [0.15, 0.2) is 35.6 Å². The number of aromatic nitrogens is 4. The van der Waals surface area contributed by atoms with Gasteiger partial charge in [0.15, 0.2) is 5.78 Å². The Hall–Kier alpha value is -2.74. The van der Waals surface area contributed by atoms with Crippen LogP contribution in [0.5, 0.6) is 0 Å². The molecule has 0 spiro atoms. The molecule has 8 heteroatoms. The first-order valence-electron chi connectivity index (χ1n) is 9.18. The van der Waals surface area contributed by atoms with Gasteiger partial charge in [-0.2, -0.15) is 4.98 Å². The SMILES string of the molecule is CCOC(=O)CSc1nc2nc3c(cn2n1)C(=O)C[C@H](c1ccc(C)cc1)C3. The lowest BCUT2D eigenvalue weighted by Crippen LogP contribution is -2.21. The Labute approximate surface area is 166 Å². The molecule has 0 radical (unpaired) electrons. The van der Waals surface area contributed by atoms with Gasteiger partial charge in [0.2, 0.25) is 5.16 Å². The molecular weight excluding hydrogens is 376 g/mol. The van der Waals surface area contributed by atoms with Gasteiger partial charge in [-0.05, 0) is 31.7 Å². The molecule has 0 N–H and O–H groups in total. The molecule has 28 heavy (non-hydrogen) atoms. The number of esters is 1. The zero-order chi connectivity index (χ0) is 19.7. The maximum Gasteiger partial charge on any atom is 0.316 e. The average Bonchev–Trinajstić information content (AvgIpc) is 3.07. The quantitative estimate of drug-likeness (QED) is 0.484. The van der Waals surface area contributed by atoms with Gasteiger partial charge in [0, 0.05) is 12.6 Å². The van der Waals surface area contributed by atoms with E-state index in [1.807, 2.05) is 6.92 Å². The number of rotatable bonds is 5. The Kier molecular flexibility index (Phi) is 5.13. The van der Waals surface area contributed by atoms with Crippen molar-refractivity contribution < 1.29 is 14.3 Å². The molecule has 0 saturated heterocycles. The summed E-state index contributed by atoms with van der Waals surface area (Å²) in [4.78, 5) is 33.2. The topological polar surface area (TPSA) is 86.4 Å². The van der Waals surface area contributed by atoms with E-state index in [4.69, 9.17) is 4.74 Å². The van der Waals surface area contributed by atoms with E-state index in [1.165, 1.54) is 21.8 Å². The molecule has 0 amide bonds. The van der Waals surface area contributed by atoms with Gasteiger partial charge in [-0.3, -0.25) is 9.59 Å². The van der Waals surface area contributed by atoms with Crippen LogP contribution in [0, 0.1) is 6.92 Å². The van der Waals surface area contributed by atoms with Gasteiger partial charge in [0.25, 0.3) is 5.78 Å². The molecule has 1 aliphatic rings. The normalized spacial score (nSPS) is 16.2. The van der Waals surface area contributed by atoms with E-state index < -0.39 is 0 Å². The zero-order valence-electron chi connectivity index (χ0n) is 15.7. The average molecular weight is 396 g/mol. The maximum atomic E-state index is 12.7. The van der Waals surface area contributed by atoms with Gasteiger partial charge in [-0.25, -0.2) is 9.50 Å². The molecule has 1 atom stereocenters. The summed E-state index contributed by atoms with van der Waals surface area (Å²) < 4.78 is 6.42. The third kappa shape index (κ3) is 3.77. The van der Waals surface area contributed by atoms with Gasteiger partial charge in [0.05, 0.1) is 23.6 Å². The van der Waals surface area contributed by atoms with Crippen molar-refractivity contribution in [1.82, 2.24) is 19.6 Å².